The van der Waals surface area contributed by atoms with Gasteiger partial charge >= 0.3 is 0 Å². The van der Waals surface area contributed by atoms with Crippen molar-refractivity contribution in [2.75, 3.05) is 18.8 Å². The van der Waals surface area contributed by atoms with Crippen molar-refractivity contribution in [3.05, 3.63) is 101 Å². The van der Waals surface area contributed by atoms with Gasteiger partial charge in [-0.1, -0.05) is 36.3 Å². The molecule has 2 aromatic carbocycles. The average molecular weight is 643 g/mol. The van der Waals surface area contributed by atoms with E-state index in [0.29, 0.717) is 5.82 Å². The highest BCUT2D eigenvalue weighted by atomic mass is 19.1. The number of nitrogens with zero attached hydrogens (tertiary/aromatic N) is 5. The molecular formula is C35H36F2N6O4. The molecule has 2 aliphatic rings. The fourth-order valence-electron chi connectivity index (χ4n) is 6.53. The maximum Gasteiger partial charge on any atom is 0.280 e. The van der Waals surface area contributed by atoms with Crippen LogP contribution >= 0.6 is 0 Å². The summed E-state index contributed by atoms with van der Waals surface area (Å²) in [6.07, 6.45) is 4.59. The third-order valence-electron chi connectivity index (χ3n) is 9.25. The number of amides is 1. The lowest BCUT2D eigenvalue weighted by atomic mass is 9.62. The number of rotatable bonds is 6. The highest BCUT2D eigenvalue weighted by molar-refractivity contribution is 5.88. The largest absolute Gasteiger partial charge is 0.437 e. The summed E-state index contributed by atoms with van der Waals surface area (Å²) in [6.45, 7) is 0.332. The van der Waals surface area contributed by atoms with E-state index in [2.05, 4.69) is 21.8 Å². The highest BCUT2D eigenvalue weighted by Gasteiger charge is 2.52. The Morgan fingerprint density at radius 3 is 2.51 bits per heavy atom. The lowest BCUT2D eigenvalue weighted by molar-refractivity contribution is -0.146. The molecule has 1 aliphatic heterocycles. The quantitative estimate of drug-likeness (QED) is 0.302. The number of nitrogens with two attached hydrogens (primary N) is 1. The molecule has 3 atom stereocenters. The van der Waals surface area contributed by atoms with Crippen LogP contribution in [0.5, 0.6) is 11.6 Å². The van der Waals surface area contributed by atoms with Gasteiger partial charge in [0.15, 0.2) is 11.5 Å². The number of piperidine rings is 1. The molecule has 2 aromatic heterocycles. The van der Waals surface area contributed by atoms with Crippen LogP contribution in [-0.4, -0.2) is 59.9 Å². The number of ether oxygens (including phenoxy) is 1. The Morgan fingerprint density at radius 2 is 1.83 bits per heavy atom. The summed E-state index contributed by atoms with van der Waals surface area (Å²) in [5.74, 6) is 5.93. The van der Waals surface area contributed by atoms with Crippen molar-refractivity contribution in [3.63, 3.8) is 0 Å². The average Bonchev–Trinajstić information content (AvgIpc) is 3.50. The van der Waals surface area contributed by atoms with Crippen LogP contribution in [0, 0.1) is 23.1 Å². The summed E-state index contributed by atoms with van der Waals surface area (Å²) < 4.78 is 36.8. The van der Waals surface area contributed by atoms with Crippen LogP contribution in [0.1, 0.15) is 49.4 Å². The Balaban J connectivity index is 1.22. The molecule has 10 nitrogen and oxygen atoms in total. The lowest BCUT2D eigenvalue weighted by Gasteiger charge is -2.46. The van der Waals surface area contributed by atoms with Gasteiger partial charge in [0.2, 0.25) is 11.8 Å². The number of carbonyl (C=O) groups is 1. The topological polar surface area (TPSA) is 128 Å². The van der Waals surface area contributed by atoms with Crippen LogP contribution in [-0.2, 0) is 18.4 Å². The van der Waals surface area contributed by atoms with Gasteiger partial charge < -0.3 is 25.0 Å². The van der Waals surface area contributed by atoms with Crippen LogP contribution in [0.25, 0.3) is 0 Å². The number of aryl methyl sites for hydroxylation is 1. The fourth-order valence-corrected chi connectivity index (χ4v) is 6.53. The number of alkyl halides is 1. The summed E-state index contributed by atoms with van der Waals surface area (Å²) in [5.41, 5.74) is 3.52. The maximum absolute atomic E-state index is 15.0. The van der Waals surface area contributed by atoms with Crippen molar-refractivity contribution >= 4 is 11.6 Å². The van der Waals surface area contributed by atoms with Gasteiger partial charge in [-0.25, -0.2) is 18.7 Å². The zero-order valence-corrected chi connectivity index (χ0v) is 26.0. The predicted molar refractivity (Wildman–Crippen MR) is 171 cm³/mol. The van der Waals surface area contributed by atoms with Gasteiger partial charge in [0.25, 0.3) is 5.56 Å². The van der Waals surface area contributed by atoms with Crippen molar-refractivity contribution in [2.24, 2.45) is 12.5 Å². The summed E-state index contributed by atoms with van der Waals surface area (Å²) in [6, 6.07) is 14.7. The number of carbonyl (C=O) groups excluding carboxylic acids is 1. The van der Waals surface area contributed by atoms with Crippen molar-refractivity contribution in [2.45, 2.75) is 56.3 Å². The van der Waals surface area contributed by atoms with Crippen LogP contribution in [0.3, 0.4) is 0 Å². The van der Waals surface area contributed by atoms with E-state index in [0.717, 1.165) is 5.56 Å². The van der Waals surface area contributed by atoms with Gasteiger partial charge in [-0.15, -0.1) is 0 Å². The molecule has 0 radical (unpaired) electrons. The van der Waals surface area contributed by atoms with E-state index in [-0.39, 0.29) is 75.0 Å². The SMILES string of the molecule is Cn1ccnc1C#C[C@@]1(C(=O)N2CCC(O)(Cn3cnc(Oc4ccc(F)cc4)c(N)c3=O)CC2)CC[C@@H](F)C[C@@H]1c1ccccc1. The van der Waals surface area contributed by atoms with Gasteiger partial charge in [0.05, 0.1) is 12.1 Å². The van der Waals surface area contributed by atoms with E-state index in [1.807, 2.05) is 37.4 Å². The smallest absolute Gasteiger partial charge is 0.280 e. The Morgan fingerprint density at radius 1 is 1.11 bits per heavy atom. The normalized spacial score (nSPS) is 22.3. The molecular weight excluding hydrogens is 606 g/mol. The Bertz CT molecular complexity index is 1860. The summed E-state index contributed by atoms with van der Waals surface area (Å²) >= 11 is 0. The first kappa shape index (κ1) is 31.9. The number of hydrogen-bond acceptors (Lipinski definition) is 7. The minimum atomic E-state index is -1.32. The number of hydrogen-bond donors (Lipinski definition) is 2. The number of imidazole rings is 1. The highest BCUT2D eigenvalue weighted by Crippen LogP contribution is 2.49. The van der Waals surface area contributed by atoms with E-state index in [9.17, 15) is 23.5 Å². The van der Waals surface area contributed by atoms with Crippen molar-refractivity contribution in [1.29, 1.82) is 0 Å². The summed E-state index contributed by atoms with van der Waals surface area (Å²) in [7, 11) is 1.82. The zero-order valence-electron chi connectivity index (χ0n) is 26.0. The minimum Gasteiger partial charge on any atom is -0.437 e. The van der Waals surface area contributed by atoms with Crippen molar-refractivity contribution < 1.29 is 23.4 Å². The molecule has 0 spiro atoms. The summed E-state index contributed by atoms with van der Waals surface area (Å²) in [5, 5.41) is 11.5. The van der Waals surface area contributed by atoms with E-state index >= 15 is 0 Å². The van der Waals surface area contributed by atoms with Crippen molar-refractivity contribution in [1.82, 2.24) is 24.0 Å². The van der Waals surface area contributed by atoms with E-state index < -0.39 is 34.5 Å². The summed E-state index contributed by atoms with van der Waals surface area (Å²) in [4.78, 5) is 37.8. The molecule has 1 saturated carbocycles. The molecule has 12 heteroatoms. The number of anilines is 1. The van der Waals surface area contributed by atoms with Crippen LogP contribution < -0.4 is 16.0 Å². The standard InChI is InChI=1S/C35H36F2N6O4/c1-41-20-17-39-29(41)12-14-35(13-11-26(37)21-28(35)24-5-3-2-4-6-24)33(45)42-18-15-34(46,16-19-42)22-43-23-40-31(30(38)32(43)44)47-27-9-7-25(36)8-10-27/h2-10,17,20,23,26,28,46H,11,13,15-16,18-19,21-22,38H2,1H3/t26-,28-,35+/m1/s1. The zero-order chi connectivity index (χ0) is 33.2. The van der Waals surface area contributed by atoms with Gasteiger partial charge in [-0.3, -0.25) is 14.2 Å². The number of likely N-dealkylation sites (tertiary alicyclic amines) is 1. The molecule has 2 fully saturated rings. The molecule has 3 N–H and O–H groups in total. The molecule has 0 unspecified atom stereocenters. The minimum absolute atomic E-state index is 0.0951. The Kier molecular flexibility index (Phi) is 8.84. The van der Waals surface area contributed by atoms with E-state index in [1.54, 1.807) is 21.9 Å². The fraction of sp³-hybridized carbons (Fsp3) is 0.371. The second-order valence-corrected chi connectivity index (χ2v) is 12.4. The molecule has 3 heterocycles. The number of aromatic nitrogens is 4. The van der Waals surface area contributed by atoms with Crippen LogP contribution in [0.15, 0.2) is 78.1 Å². The first-order chi connectivity index (χ1) is 22.6. The molecule has 47 heavy (non-hydrogen) atoms. The third-order valence-corrected chi connectivity index (χ3v) is 9.25. The first-order valence-corrected chi connectivity index (χ1v) is 15.6. The lowest BCUT2D eigenvalue weighted by Crippen LogP contribution is -2.55. The molecule has 0 bridgehead atoms. The molecule has 1 amide bonds. The van der Waals surface area contributed by atoms with Gasteiger partial charge in [-0.05, 0) is 67.9 Å². The monoisotopic (exact) mass is 642 g/mol. The van der Waals surface area contributed by atoms with Crippen LogP contribution in [0.2, 0.25) is 0 Å². The number of halogens is 2. The molecule has 6 rings (SSSR count). The number of benzene rings is 2. The second kappa shape index (κ2) is 13.0. The Hall–Kier alpha value is -5.02. The molecule has 1 aliphatic carbocycles. The third kappa shape index (κ3) is 6.62. The van der Waals surface area contributed by atoms with Gasteiger partial charge in [-0.2, -0.15) is 0 Å². The van der Waals surface area contributed by atoms with Gasteiger partial charge in [0, 0.05) is 38.4 Å². The van der Waals surface area contributed by atoms with Crippen LogP contribution in [0.4, 0.5) is 14.5 Å². The molecule has 244 valence electrons. The predicted octanol–water partition coefficient (Wildman–Crippen LogP) is 4.19. The van der Waals surface area contributed by atoms with E-state index in [4.69, 9.17) is 10.5 Å². The number of nitrogen functional groups attached to an aromatic ring is 1. The second-order valence-electron chi connectivity index (χ2n) is 12.4. The Labute approximate surface area is 270 Å². The first-order valence-electron chi connectivity index (χ1n) is 15.6. The van der Waals surface area contributed by atoms with Crippen molar-refractivity contribution in [3.8, 4) is 23.5 Å². The van der Waals surface area contributed by atoms with Gasteiger partial charge in [0.1, 0.15) is 29.5 Å². The van der Waals surface area contributed by atoms with E-state index in [1.165, 1.54) is 35.2 Å². The number of aliphatic hydroxyl groups is 1. The maximum atomic E-state index is 15.0. The molecule has 4 aromatic rings. The molecule has 1 saturated heterocycles.